The lowest BCUT2D eigenvalue weighted by Crippen LogP contribution is -2.56. The van der Waals surface area contributed by atoms with Crippen molar-refractivity contribution in [3.8, 4) is 0 Å². The third-order valence-electron chi connectivity index (χ3n) is 5.36. The molecule has 0 radical (unpaired) electrons. The van der Waals surface area contributed by atoms with E-state index in [1.807, 2.05) is 18.2 Å². The zero-order chi connectivity index (χ0) is 13.0. The molecule has 19 heavy (non-hydrogen) atoms. The minimum absolute atomic E-state index is 0.302. The second kappa shape index (κ2) is 3.75. The first kappa shape index (κ1) is 11.3. The highest BCUT2D eigenvalue weighted by Gasteiger charge is 2.51. The second-order valence-electron chi connectivity index (χ2n) is 6.57. The number of carbonyl (C=O) groups excluding carboxylic acids is 1. The maximum absolute atomic E-state index is 12.3. The van der Waals surface area contributed by atoms with Crippen LogP contribution in [0.4, 0.5) is 11.4 Å². The van der Waals surface area contributed by atoms with E-state index >= 15 is 0 Å². The number of benzene rings is 1. The quantitative estimate of drug-likeness (QED) is 0.785. The number of aryl methyl sites for hydroxylation is 1. The molecule has 0 unspecified atom stereocenters. The number of rotatable bonds is 1. The van der Waals surface area contributed by atoms with Crippen molar-refractivity contribution in [3.05, 3.63) is 23.8 Å². The van der Waals surface area contributed by atoms with E-state index in [0.29, 0.717) is 23.8 Å². The summed E-state index contributed by atoms with van der Waals surface area (Å²) in [4.78, 5) is 14.4. The summed E-state index contributed by atoms with van der Waals surface area (Å²) in [6, 6.07) is 6.43. The van der Waals surface area contributed by atoms with Crippen LogP contribution >= 0.6 is 0 Å². The molecule has 1 heterocycles. The fraction of sp³-hybridized carbons (Fsp3) is 0.562. The third kappa shape index (κ3) is 1.60. The molecule has 1 spiro atoms. The van der Waals surface area contributed by atoms with Gasteiger partial charge in [0.05, 0.1) is 0 Å². The van der Waals surface area contributed by atoms with Gasteiger partial charge < -0.3 is 10.6 Å². The van der Waals surface area contributed by atoms with E-state index in [2.05, 4.69) is 4.90 Å². The smallest absolute Gasteiger partial charge is 0.227 e. The molecule has 4 rings (SSSR count). The predicted octanol–water partition coefficient (Wildman–Crippen LogP) is 2.88. The molecule has 1 amide bonds. The zero-order valence-electron chi connectivity index (χ0n) is 11.2. The molecule has 2 saturated carbocycles. The first-order chi connectivity index (χ1) is 9.17. The van der Waals surface area contributed by atoms with Crippen LogP contribution in [0.2, 0.25) is 0 Å². The average molecular weight is 256 g/mol. The van der Waals surface area contributed by atoms with Crippen LogP contribution in [-0.4, -0.2) is 11.9 Å². The summed E-state index contributed by atoms with van der Waals surface area (Å²) in [5.41, 5.74) is 9.63. The molecule has 0 bridgehead atoms. The van der Waals surface area contributed by atoms with Crippen molar-refractivity contribution >= 4 is 17.3 Å². The molecular weight excluding hydrogens is 236 g/mol. The topological polar surface area (TPSA) is 46.3 Å². The Balaban J connectivity index is 1.63. The Hall–Kier alpha value is -1.51. The molecule has 3 aliphatic rings. The first-order valence-electron chi connectivity index (χ1n) is 7.37. The maximum atomic E-state index is 12.3. The van der Waals surface area contributed by atoms with Gasteiger partial charge in [-0.3, -0.25) is 4.79 Å². The van der Waals surface area contributed by atoms with Gasteiger partial charge in [-0.05, 0) is 61.3 Å². The average Bonchev–Trinajstić information content (AvgIpc) is 2.28. The Labute approximate surface area is 113 Å². The van der Waals surface area contributed by atoms with Gasteiger partial charge in [0.15, 0.2) is 0 Å². The van der Waals surface area contributed by atoms with Crippen molar-refractivity contribution < 1.29 is 4.79 Å². The molecule has 0 saturated heterocycles. The van der Waals surface area contributed by atoms with E-state index in [9.17, 15) is 4.79 Å². The minimum atomic E-state index is 0.302. The minimum Gasteiger partial charge on any atom is -0.399 e. The number of amides is 1. The van der Waals surface area contributed by atoms with Gasteiger partial charge in [0.1, 0.15) is 0 Å². The summed E-state index contributed by atoms with van der Waals surface area (Å²) < 4.78 is 0. The van der Waals surface area contributed by atoms with Gasteiger partial charge in [-0.1, -0.05) is 6.42 Å². The number of hydrogen-bond donors (Lipinski definition) is 1. The van der Waals surface area contributed by atoms with Crippen molar-refractivity contribution in [1.82, 2.24) is 0 Å². The van der Waals surface area contributed by atoms with Crippen LogP contribution in [0.25, 0.3) is 0 Å². The molecule has 0 atom stereocenters. The van der Waals surface area contributed by atoms with Crippen molar-refractivity contribution in [2.24, 2.45) is 5.41 Å². The summed E-state index contributed by atoms with van der Waals surface area (Å²) in [6.45, 7) is 0. The Bertz CT molecular complexity index is 540. The molecule has 100 valence electrons. The van der Waals surface area contributed by atoms with Crippen molar-refractivity contribution in [1.29, 1.82) is 0 Å². The largest absolute Gasteiger partial charge is 0.399 e. The van der Waals surface area contributed by atoms with Crippen LogP contribution in [0.5, 0.6) is 0 Å². The number of anilines is 2. The van der Waals surface area contributed by atoms with Crippen LogP contribution in [0.1, 0.15) is 44.1 Å². The van der Waals surface area contributed by atoms with Gasteiger partial charge in [0.25, 0.3) is 0 Å². The Morgan fingerprint density at radius 2 is 2.00 bits per heavy atom. The summed E-state index contributed by atoms with van der Waals surface area (Å²) in [5, 5.41) is 0. The normalized spacial score (nSPS) is 24.8. The van der Waals surface area contributed by atoms with Gasteiger partial charge in [-0.2, -0.15) is 0 Å². The zero-order valence-corrected chi connectivity index (χ0v) is 11.2. The van der Waals surface area contributed by atoms with Crippen LogP contribution in [0.15, 0.2) is 18.2 Å². The molecule has 2 N–H and O–H groups in total. The monoisotopic (exact) mass is 256 g/mol. The number of nitrogens with zero attached hydrogens (tertiary/aromatic N) is 1. The van der Waals surface area contributed by atoms with Gasteiger partial charge >= 0.3 is 0 Å². The molecule has 2 aliphatic carbocycles. The number of carbonyl (C=O) groups is 1. The lowest BCUT2D eigenvalue weighted by atomic mass is 9.53. The number of nitrogen functional groups attached to an aromatic ring is 1. The highest BCUT2D eigenvalue weighted by atomic mass is 16.2. The van der Waals surface area contributed by atoms with E-state index in [1.165, 1.54) is 37.7 Å². The van der Waals surface area contributed by atoms with E-state index in [-0.39, 0.29) is 0 Å². The van der Waals surface area contributed by atoms with E-state index < -0.39 is 0 Å². The van der Waals surface area contributed by atoms with Gasteiger partial charge in [0, 0.05) is 23.8 Å². The predicted molar refractivity (Wildman–Crippen MR) is 76.0 cm³/mol. The fourth-order valence-electron chi connectivity index (χ4n) is 4.14. The summed E-state index contributed by atoms with van der Waals surface area (Å²) in [6.07, 6.45) is 8.03. The van der Waals surface area contributed by atoms with Gasteiger partial charge in [-0.25, -0.2) is 0 Å². The third-order valence-corrected chi connectivity index (χ3v) is 5.36. The van der Waals surface area contributed by atoms with Gasteiger partial charge in [-0.15, -0.1) is 0 Å². The highest BCUT2D eigenvalue weighted by Crippen LogP contribution is 2.58. The molecule has 3 heteroatoms. The van der Waals surface area contributed by atoms with Crippen LogP contribution in [0.3, 0.4) is 0 Å². The van der Waals surface area contributed by atoms with Crippen molar-refractivity contribution in [2.45, 2.75) is 51.0 Å². The highest BCUT2D eigenvalue weighted by molar-refractivity contribution is 5.97. The van der Waals surface area contributed by atoms with Crippen LogP contribution in [0, 0.1) is 5.41 Å². The van der Waals surface area contributed by atoms with Crippen LogP contribution in [-0.2, 0) is 11.2 Å². The number of fused-ring (bicyclic) bond motifs is 1. The Morgan fingerprint density at radius 3 is 2.68 bits per heavy atom. The lowest BCUT2D eigenvalue weighted by Gasteiger charge is -2.57. The SMILES string of the molecule is Nc1ccc2c(c1)CCC(=O)N2C1CC2(CCC2)C1. The number of nitrogens with two attached hydrogens (primary N) is 1. The molecule has 3 nitrogen and oxygen atoms in total. The fourth-order valence-corrected chi connectivity index (χ4v) is 4.14. The standard InChI is InChI=1S/C16H20N2O/c17-12-3-4-14-11(8-12)2-5-15(19)18(14)13-9-16(10-13)6-1-7-16/h3-4,8,13H,1-2,5-7,9-10,17H2. The van der Waals surface area contributed by atoms with Crippen molar-refractivity contribution in [3.63, 3.8) is 0 Å². The molecule has 2 fully saturated rings. The van der Waals surface area contributed by atoms with Gasteiger partial charge in [0.2, 0.25) is 5.91 Å². The second-order valence-corrected chi connectivity index (χ2v) is 6.57. The summed E-state index contributed by atoms with van der Waals surface area (Å²) in [7, 11) is 0. The molecule has 1 aromatic rings. The molecule has 1 aromatic carbocycles. The Kier molecular flexibility index (Phi) is 2.23. The maximum Gasteiger partial charge on any atom is 0.227 e. The molecule has 1 aliphatic heterocycles. The number of hydrogen-bond acceptors (Lipinski definition) is 2. The molecular formula is C16H20N2O. The lowest BCUT2D eigenvalue weighted by molar-refractivity contribution is -0.121. The van der Waals surface area contributed by atoms with E-state index in [1.54, 1.807) is 0 Å². The van der Waals surface area contributed by atoms with Crippen LogP contribution < -0.4 is 10.6 Å². The molecule has 0 aromatic heterocycles. The van der Waals surface area contributed by atoms with E-state index in [4.69, 9.17) is 5.73 Å². The summed E-state index contributed by atoms with van der Waals surface area (Å²) >= 11 is 0. The van der Waals surface area contributed by atoms with Crippen molar-refractivity contribution in [2.75, 3.05) is 10.6 Å². The Morgan fingerprint density at radius 1 is 1.21 bits per heavy atom. The first-order valence-corrected chi connectivity index (χ1v) is 7.37. The van der Waals surface area contributed by atoms with E-state index in [0.717, 1.165) is 17.8 Å². The summed E-state index contributed by atoms with van der Waals surface area (Å²) in [5.74, 6) is 0.302.